The Balaban J connectivity index is 2.84. The van der Waals surface area contributed by atoms with Crippen molar-refractivity contribution in [1.29, 1.82) is 0 Å². The Morgan fingerprint density at radius 2 is 1.94 bits per heavy atom. The van der Waals surface area contributed by atoms with E-state index in [9.17, 15) is 12.8 Å². The standard InChI is InChI=1S/C12H19FN2O2S/c1-12(2,3)6-7-15-18(16,17)11-8-9(14)4-5-10(11)13/h4-5,8,15H,6-7,14H2,1-3H3. The van der Waals surface area contributed by atoms with Crippen LogP contribution in [0, 0.1) is 11.2 Å². The lowest BCUT2D eigenvalue weighted by molar-refractivity contribution is 0.378. The monoisotopic (exact) mass is 274 g/mol. The molecule has 0 saturated heterocycles. The maximum absolute atomic E-state index is 13.5. The molecule has 0 bridgehead atoms. The number of anilines is 1. The highest BCUT2D eigenvalue weighted by Gasteiger charge is 2.20. The minimum Gasteiger partial charge on any atom is -0.399 e. The van der Waals surface area contributed by atoms with Crippen molar-refractivity contribution in [1.82, 2.24) is 4.72 Å². The van der Waals surface area contributed by atoms with Crippen molar-refractivity contribution >= 4 is 15.7 Å². The molecule has 4 nitrogen and oxygen atoms in total. The average molecular weight is 274 g/mol. The van der Waals surface area contributed by atoms with Crippen LogP contribution in [0.25, 0.3) is 0 Å². The van der Waals surface area contributed by atoms with Crippen LogP contribution in [0.1, 0.15) is 27.2 Å². The lowest BCUT2D eigenvalue weighted by atomic mass is 9.93. The maximum atomic E-state index is 13.5. The predicted molar refractivity (Wildman–Crippen MR) is 70.1 cm³/mol. The normalized spacial score (nSPS) is 12.7. The Hall–Kier alpha value is -1.14. The average Bonchev–Trinajstić information content (AvgIpc) is 2.19. The molecule has 1 rings (SSSR count). The van der Waals surface area contributed by atoms with Gasteiger partial charge in [-0.25, -0.2) is 17.5 Å². The van der Waals surface area contributed by atoms with E-state index in [2.05, 4.69) is 4.72 Å². The van der Waals surface area contributed by atoms with Crippen LogP contribution in [0.2, 0.25) is 0 Å². The molecular formula is C12H19FN2O2S. The topological polar surface area (TPSA) is 72.2 Å². The van der Waals surface area contributed by atoms with Gasteiger partial charge in [0, 0.05) is 12.2 Å². The van der Waals surface area contributed by atoms with Gasteiger partial charge in [-0.1, -0.05) is 20.8 Å². The highest BCUT2D eigenvalue weighted by atomic mass is 32.2. The van der Waals surface area contributed by atoms with E-state index in [4.69, 9.17) is 5.73 Å². The van der Waals surface area contributed by atoms with Crippen LogP contribution in [-0.2, 0) is 10.0 Å². The Labute approximate surface area is 107 Å². The van der Waals surface area contributed by atoms with Crippen LogP contribution >= 0.6 is 0 Å². The molecule has 0 atom stereocenters. The van der Waals surface area contributed by atoms with Gasteiger partial charge in [0.25, 0.3) is 0 Å². The molecule has 0 aliphatic carbocycles. The van der Waals surface area contributed by atoms with E-state index < -0.39 is 20.7 Å². The molecule has 0 aliphatic rings. The molecule has 18 heavy (non-hydrogen) atoms. The summed E-state index contributed by atoms with van der Waals surface area (Å²) in [6.45, 7) is 6.27. The van der Waals surface area contributed by atoms with Crippen LogP contribution < -0.4 is 10.5 Å². The Morgan fingerprint density at radius 1 is 1.33 bits per heavy atom. The minimum absolute atomic E-state index is 0.0107. The quantitative estimate of drug-likeness (QED) is 0.826. The number of halogens is 1. The number of hydrogen-bond acceptors (Lipinski definition) is 3. The summed E-state index contributed by atoms with van der Waals surface area (Å²) >= 11 is 0. The van der Waals surface area contributed by atoms with Gasteiger partial charge in [-0.15, -0.1) is 0 Å². The molecule has 102 valence electrons. The highest BCUT2D eigenvalue weighted by molar-refractivity contribution is 7.89. The summed E-state index contributed by atoms with van der Waals surface area (Å²) in [4.78, 5) is -0.406. The molecule has 0 unspecified atom stereocenters. The van der Waals surface area contributed by atoms with Gasteiger partial charge in [0.1, 0.15) is 10.7 Å². The fraction of sp³-hybridized carbons (Fsp3) is 0.500. The summed E-state index contributed by atoms with van der Waals surface area (Å²) in [6, 6.07) is 3.49. The largest absolute Gasteiger partial charge is 0.399 e. The molecule has 0 fully saturated rings. The van der Waals surface area contributed by atoms with Crippen molar-refractivity contribution in [3.63, 3.8) is 0 Å². The third-order valence-corrected chi connectivity index (χ3v) is 3.89. The summed E-state index contributed by atoms with van der Waals surface area (Å²) in [7, 11) is -3.84. The molecule has 0 heterocycles. The van der Waals surface area contributed by atoms with E-state index in [1.165, 1.54) is 6.07 Å². The Bertz CT molecular complexity index is 521. The van der Waals surface area contributed by atoms with Crippen molar-refractivity contribution < 1.29 is 12.8 Å². The molecule has 1 aromatic carbocycles. The molecule has 0 saturated carbocycles. The molecule has 3 N–H and O–H groups in total. The first-order valence-corrected chi connectivity index (χ1v) is 7.15. The molecular weight excluding hydrogens is 255 g/mol. The van der Waals surface area contributed by atoms with Crippen LogP contribution in [0.15, 0.2) is 23.1 Å². The van der Waals surface area contributed by atoms with E-state index in [1.807, 2.05) is 20.8 Å². The lowest BCUT2D eigenvalue weighted by Crippen LogP contribution is -2.28. The van der Waals surface area contributed by atoms with E-state index in [-0.39, 0.29) is 17.6 Å². The second kappa shape index (κ2) is 5.24. The van der Waals surface area contributed by atoms with Crippen LogP contribution in [-0.4, -0.2) is 15.0 Å². The number of nitrogen functional groups attached to an aromatic ring is 1. The number of nitrogens with two attached hydrogens (primary N) is 1. The number of hydrogen-bond donors (Lipinski definition) is 2. The summed E-state index contributed by atoms with van der Waals surface area (Å²) in [6.07, 6.45) is 0.663. The van der Waals surface area contributed by atoms with Crippen molar-refractivity contribution in [2.24, 2.45) is 5.41 Å². The molecule has 0 aliphatic heterocycles. The first-order chi connectivity index (χ1) is 8.12. The smallest absolute Gasteiger partial charge is 0.243 e. The zero-order valence-electron chi connectivity index (χ0n) is 10.8. The van der Waals surface area contributed by atoms with Crippen molar-refractivity contribution in [2.45, 2.75) is 32.1 Å². The zero-order valence-corrected chi connectivity index (χ0v) is 11.6. The summed E-state index contributed by atoms with van der Waals surface area (Å²) in [5.74, 6) is -0.799. The molecule has 6 heteroatoms. The van der Waals surface area contributed by atoms with Crippen molar-refractivity contribution in [3.05, 3.63) is 24.0 Å². The Morgan fingerprint density at radius 3 is 2.50 bits per heavy atom. The van der Waals surface area contributed by atoms with Crippen LogP contribution in [0.3, 0.4) is 0 Å². The minimum atomic E-state index is -3.84. The fourth-order valence-electron chi connectivity index (χ4n) is 1.36. The third-order valence-electron chi connectivity index (χ3n) is 2.41. The molecule has 0 radical (unpaired) electrons. The predicted octanol–water partition coefficient (Wildman–Crippen LogP) is 2.12. The summed E-state index contributed by atoms with van der Waals surface area (Å²) in [5, 5.41) is 0. The number of benzene rings is 1. The summed E-state index contributed by atoms with van der Waals surface area (Å²) in [5.41, 5.74) is 5.69. The lowest BCUT2D eigenvalue weighted by Gasteiger charge is -2.18. The first kappa shape index (κ1) is 14.9. The second-order valence-corrected chi connectivity index (χ2v) is 7.13. The van der Waals surface area contributed by atoms with Gasteiger partial charge in [0.15, 0.2) is 0 Å². The zero-order chi connectivity index (χ0) is 14.0. The van der Waals surface area contributed by atoms with Crippen LogP contribution in [0.5, 0.6) is 0 Å². The third kappa shape index (κ3) is 4.27. The number of sulfonamides is 1. The molecule has 0 aromatic heterocycles. The van der Waals surface area contributed by atoms with Gasteiger partial charge in [-0.05, 0) is 30.0 Å². The Kier molecular flexibility index (Phi) is 4.34. The van der Waals surface area contributed by atoms with Gasteiger partial charge >= 0.3 is 0 Å². The molecule has 1 aromatic rings. The molecule has 0 spiro atoms. The van der Waals surface area contributed by atoms with Crippen LogP contribution in [0.4, 0.5) is 10.1 Å². The van der Waals surface area contributed by atoms with E-state index in [1.54, 1.807) is 0 Å². The van der Waals surface area contributed by atoms with Crippen molar-refractivity contribution in [2.75, 3.05) is 12.3 Å². The summed E-state index contributed by atoms with van der Waals surface area (Å²) < 4.78 is 39.6. The number of nitrogens with one attached hydrogen (secondary N) is 1. The van der Waals surface area contributed by atoms with Gasteiger partial charge in [-0.3, -0.25) is 0 Å². The van der Waals surface area contributed by atoms with E-state index in [0.717, 1.165) is 12.1 Å². The van der Waals surface area contributed by atoms with Gasteiger partial charge in [-0.2, -0.15) is 0 Å². The first-order valence-electron chi connectivity index (χ1n) is 5.66. The van der Waals surface area contributed by atoms with E-state index in [0.29, 0.717) is 6.42 Å². The maximum Gasteiger partial charge on any atom is 0.243 e. The molecule has 0 amide bonds. The van der Waals surface area contributed by atoms with Gasteiger partial charge in [0.2, 0.25) is 10.0 Å². The SMILES string of the molecule is CC(C)(C)CCNS(=O)(=O)c1cc(N)ccc1F. The fourth-order valence-corrected chi connectivity index (χ4v) is 2.51. The van der Waals surface area contributed by atoms with Gasteiger partial charge < -0.3 is 5.73 Å². The highest BCUT2D eigenvalue weighted by Crippen LogP contribution is 2.20. The second-order valence-electron chi connectivity index (χ2n) is 5.40. The number of rotatable bonds is 4. The van der Waals surface area contributed by atoms with E-state index >= 15 is 0 Å². The van der Waals surface area contributed by atoms with Crippen molar-refractivity contribution in [3.8, 4) is 0 Å². The van der Waals surface area contributed by atoms with Gasteiger partial charge in [0.05, 0.1) is 0 Å².